The summed E-state index contributed by atoms with van der Waals surface area (Å²) in [5.74, 6) is 6.55. The number of hydrogen-bond acceptors (Lipinski definition) is 6. The summed E-state index contributed by atoms with van der Waals surface area (Å²) in [7, 11) is 0. The van der Waals surface area contributed by atoms with Crippen molar-refractivity contribution in [3.05, 3.63) is 192 Å². The van der Waals surface area contributed by atoms with Crippen molar-refractivity contribution in [3.63, 3.8) is 0 Å². The second kappa shape index (κ2) is 32.6. The van der Waals surface area contributed by atoms with Crippen LogP contribution in [0.3, 0.4) is 0 Å². The van der Waals surface area contributed by atoms with Gasteiger partial charge in [0.15, 0.2) is 0 Å². The number of allylic oxidation sites excluding steroid dienone is 4. The Kier molecular flexibility index (Phi) is 23.0. The van der Waals surface area contributed by atoms with Gasteiger partial charge in [0.2, 0.25) is 0 Å². The lowest BCUT2D eigenvalue weighted by Gasteiger charge is -2.35. The summed E-state index contributed by atoms with van der Waals surface area (Å²) >= 11 is 0. The molecule has 0 aliphatic heterocycles. The first-order chi connectivity index (χ1) is 46.2. The molecule has 2 saturated carbocycles. The van der Waals surface area contributed by atoms with Gasteiger partial charge in [-0.15, -0.1) is 0 Å². The largest absolute Gasteiger partial charge is 0.494 e. The highest BCUT2D eigenvalue weighted by atomic mass is 16.5. The second-order valence-electron chi connectivity index (χ2n) is 28.2. The SMILES string of the molecule is CCCCCCOc1ccc(-c2ccc(C(=O)Oc3ccc4cc(C5=CCC(C6CCC(CCC)CC6)CC5)ccc4c3-c3c(OC(=O)c4ccc(-c5ccc(OCCCCCC)cc5)cc4)ccc4cc(C5=CCC(C6CCC(CCC)CC6)CC5)ccc34)cc2)cc1. The Bertz CT molecular complexity index is 3600. The average Bonchev–Trinajstić information content (AvgIpc) is 0.750. The molecule has 0 N–H and O–H groups in total. The van der Waals surface area contributed by atoms with Crippen LogP contribution in [0.15, 0.2) is 170 Å². The number of carbonyl (C=O) groups is 2. The van der Waals surface area contributed by atoms with Crippen LogP contribution in [0.25, 0.3) is 66.1 Å². The fourth-order valence-electron chi connectivity index (χ4n) is 16.3. The number of fused-ring (bicyclic) bond motifs is 2. The molecule has 0 amide bonds. The van der Waals surface area contributed by atoms with Crippen LogP contribution in [-0.4, -0.2) is 25.2 Å². The maximum atomic E-state index is 14.8. The van der Waals surface area contributed by atoms with Gasteiger partial charge in [0.1, 0.15) is 23.0 Å². The standard InChI is InChI=1S/C88H102O6/c1-5-9-11-13-57-91-79-49-41-69(42-50-79)67-33-37-73(38-34-67)87(89)93-83-55-47-77-59-75(71-29-25-65(26-30-71)63-21-17-61(15-7-3)18-22-63)45-53-81(77)85(83)86-82-54-46-76(72-31-27-66(28-32-72)64-23-19-62(16-8-4)20-24-64)60-78(82)48-56-84(86)94-88(90)74-39-35-68(36-40-74)70-43-51-80(52-44-70)92-58-14-12-10-6-2/h29,31,33-56,59-66H,5-28,30,32,57-58H2,1-4H3. The Hall–Kier alpha value is -7.70. The van der Waals surface area contributed by atoms with Crippen molar-refractivity contribution in [2.75, 3.05) is 13.2 Å². The summed E-state index contributed by atoms with van der Waals surface area (Å²) in [6.45, 7) is 10.5. The second-order valence-corrected chi connectivity index (χ2v) is 28.2. The molecule has 0 heterocycles. The molecule has 12 rings (SSSR count). The van der Waals surface area contributed by atoms with E-state index in [1.54, 1.807) is 0 Å². The van der Waals surface area contributed by atoms with Crippen molar-refractivity contribution < 1.29 is 28.5 Å². The summed E-state index contributed by atoms with van der Waals surface area (Å²) in [5.41, 5.74) is 11.6. The summed E-state index contributed by atoms with van der Waals surface area (Å²) in [6, 6.07) is 53.4. The smallest absolute Gasteiger partial charge is 0.343 e. The Morgan fingerprint density at radius 1 is 0.362 bits per heavy atom. The van der Waals surface area contributed by atoms with Crippen molar-refractivity contribution >= 4 is 44.6 Å². The molecule has 8 aromatic rings. The molecule has 2 unspecified atom stereocenters. The van der Waals surface area contributed by atoms with Gasteiger partial charge < -0.3 is 18.9 Å². The van der Waals surface area contributed by atoms with Crippen LogP contribution in [-0.2, 0) is 0 Å². The lowest BCUT2D eigenvalue weighted by Crippen LogP contribution is -2.23. The monoisotopic (exact) mass is 1250 g/mol. The molecule has 4 aliphatic carbocycles. The molecule has 0 aromatic heterocycles. The molecular weight excluding hydrogens is 1150 g/mol. The van der Waals surface area contributed by atoms with E-state index in [-0.39, 0.29) is 0 Å². The number of carbonyl (C=O) groups excluding carboxylic acids is 2. The van der Waals surface area contributed by atoms with Gasteiger partial charge in [0.25, 0.3) is 0 Å². The summed E-state index contributed by atoms with van der Waals surface area (Å²) in [4.78, 5) is 29.6. The normalized spacial score (nSPS) is 19.9. The van der Waals surface area contributed by atoms with Gasteiger partial charge in [-0.2, -0.15) is 0 Å². The van der Waals surface area contributed by atoms with Crippen LogP contribution in [0, 0.1) is 35.5 Å². The Labute approximate surface area is 562 Å². The molecular formula is C88H102O6. The number of hydrogen-bond donors (Lipinski definition) is 0. The van der Waals surface area contributed by atoms with E-state index >= 15 is 0 Å². The Balaban J connectivity index is 0.881. The molecule has 4 aliphatic rings. The van der Waals surface area contributed by atoms with E-state index in [0.717, 1.165) is 129 Å². The van der Waals surface area contributed by atoms with Crippen LogP contribution in [0.1, 0.15) is 226 Å². The zero-order valence-corrected chi connectivity index (χ0v) is 56.9. The molecule has 0 spiro atoms. The van der Waals surface area contributed by atoms with Gasteiger partial charge in [-0.3, -0.25) is 0 Å². The number of benzene rings is 8. The molecule has 2 fully saturated rings. The van der Waals surface area contributed by atoms with E-state index in [1.165, 1.54) is 151 Å². The van der Waals surface area contributed by atoms with E-state index in [2.05, 4.69) is 113 Å². The highest BCUT2D eigenvalue weighted by molar-refractivity contribution is 6.12. The summed E-state index contributed by atoms with van der Waals surface area (Å²) in [5, 5.41) is 3.87. The highest BCUT2D eigenvalue weighted by Crippen LogP contribution is 2.49. The summed E-state index contributed by atoms with van der Waals surface area (Å²) < 4.78 is 25.5. The summed E-state index contributed by atoms with van der Waals surface area (Å²) in [6.07, 6.45) is 37.6. The van der Waals surface area contributed by atoms with Gasteiger partial charge in [0, 0.05) is 11.1 Å². The molecule has 6 nitrogen and oxygen atoms in total. The van der Waals surface area contributed by atoms with Crippen LogP contribution in [0.5, 0.6) is 23.0 Å². The van der Waals surface area contributed by atoms with Gasteiger partial charge in [0.05, 0.1) is 24.3 Å². The van der Waals surface area contributed by atoms with Crippen molar-refractivity contribution in [3.8, 4) is 56.4 Å². The predicted molar refractivity (Wildman–Crippen MR) is 391 cm³/mol. The topological polar surface area (TPSA) is 71.1 Å². The lowest BCUT2D eigenvalue weighted by molar-refractivity contribution is 0.0723. The van der Waals surface area contributed by atoms with Gasteiger partial charge in [-0.25, -0.2) is 9.59 Å². The third-order valence-electron chi connectivity index (χ3n) is 21.9. The van der Waals surface area contributed by atoms with Crippen molar-refractivity contribution in [1.29, 1.82) is 0 Å². The number of unbranched alkanes of at least 4 members (excludes halogenated alkanes) is 6. The number of esters is 2. The molecule has 0 bridgehead atoms. The molecule has 490 valence electrons. The fourth-order valence-corrected chi connectivity index (χ4v) is 16.3. The van der Waals surface area contributed by atoms with E-state index < -0.39 is 11.9 Å². The fraction of sp³-hybridized carbons (Fsp3) is 0.432. The maximum absolute atomic E-state index is 14.8. The molecule has 94 heavy (non-hydrogen) atoms. The van der Waals surface area contributed by atoms with E-state index in [1.807, 2.05) is 84.9 Å². The van der Waals surface area contributed by atoms with E-state index in [0.29, 0.717) is 47.0 Å². The molecule has 2 atom stereocenters. The average molecular weight is 1260 g/mol. The van der Waals surface area contributed by atoms with Gasteiger partial charge in [-0.1, -0.05) is 215 Å². The molecule has 0 radical (unpaired) electrons. The quantitative estimate of drug-likeness (QED) is 0.0290. The zero-order valence-electron chi connectivity index (χ0n) is 56.9. The molecule has 8 aromatic carbocycles. The van der Waals surface area contributed by atoms with Gasteiger partial charge in [-0.05, 0) is 251 Å². The van der Waals surface area contributed by atoms with E-state index in [9.17, 15) is 9.59 Å². The minimum Gasteiger partial charge on any atom is -0.494 e. The van der Waals surface area contributed by atoms with Crippen LogP contribution in [0.2, 0.25) is 0 Å². The lowest BCUT2D eigenvalue weighted by atomic mass is 9.70. The zero-order chi connectivity index (χ0) is 64.6. The Morgan fingerprint density at radius 2 is 0.734 bits per heavy atom. The van der Waals surface area contributed by atoms with E-state index in [4.69, 9.17) is 18.9 Å². The van der Waals surface area contributed by atoms with Crippen LogP contribution in [0.4, 0.5) is 0 Å². The minimum absolute atomic E-state index is 0.392. The third kappa shape index (κ3) is 16.5. The van der Waals surface area contributed by atoms with Crippen molar-refractivity contribution in [2.24, 2.45) is 35.5 Å². The number of ether oxygens (including phenoxy) is 4. The van der Waals surface area contributed by atoms with Crippen molar-refractivity contribution in [2.45, 2.75) is 195 Å². The highest BCUT2D eigenvalue weighted by Gasteiger charge is 2.31. The third-order valence-corrected chi connectivity index (χ3v) is 21.9. The number of rotatable bonds is 27. The predicted octanol–water partition coefficient (Wildman–Crippen LogP) is 24.9. The van der Waals surface area contributed by atoms with Crippen molar-refractivity contribution in [1.82, 2.24) is 0 Å². The maximum Gasteiger partial charge on any atom is 0.343 e. The van der Waals surface area contributed by atoms with Gasteiger partial charge >= 0.3 is 11.9 Å². The first-order valence-corrected chi connectivity index (χ1v) is 36.9. The first kappa shape index (κ1) is 66.3. The van der Waals surface area contributed by atoms with Crippen LogP contribution >= 0.6 is 0 Å². The first-order valence-electron chi connectivity index (χ1n) is 36.9. The van der Waals surface area contributed by atoms with Crippen LogP contribution < -0.4 is 18.9 Å². The molecule has 0 saturated heterocycles. The Morgan fingerprint density at radius 3 is 1.09 bits per heavy atom. The minimum atomic E-state index is -0.473. The molecule has 6 heteroatoms.